The van der Waals surface area contributed by atoms with Crippen LogP contribution in [0.1, 0.15) is 22.8 Å². The molecule has 2 rings (SSSR count). The number of amides is 1. The highest BCUT2D eigenvalue weighted by molar-refractivity contribution is 5.94. The zero-order chi connectivity index (χ0) is 17.3. The van der Waals surface area contributed by atoms with Gasteiger partial charge < -0.3 is 25.4 Å². The van der Waals surface area contributed by atoms with Crippen LogP contribution >= 0.6 is 0 Å². The number of hydrogen-bond acceptors (Lipinski definition) is 5. The molecule has 6 nitrogen and oxygen atoms in total. The van der Waals surface area contributed by atoms with Crippen molar-refractivity contribution < 1.29 is 33.6 Å². The number of benzene rings is 1. The van der Waals surface area contributed by atoms with E-state index in [9.17, 15) is 23.8 Å². The van der Waals surface area contributed by atoms with Gasteiger partial charge in [-0.15, -0.1) is 0 Å². The highest BCUT2D eigenvalue weighted by Crippen LogP contribution is 2.22. The summed E-state index contributed by atoms with van der Waals surface area (Å²) in [5.41, 5.74) is -0.444. The van der Waals surface area contributed by atoms with E-state index >= 15 is 0 Å². The minimum absolute atomic E-state index is 0.197. The summed E-state index contributed by atoms with van der Waals surface area (Å²) in [4.78, 5) is 12.1. The molecule has 128 valence electrons. The maximum atomic E-state index is 13.5. The van der Waals surface area contributed by atoms with E-state index in [1.807, 2.05) is 0 Å². The number of aliphatic hydroxyl groups is 3. The third-order valence-electron chi connectivity index (χ3n) is 4.01. The van der Waals surface area contributed by atoms with Crippen molar-refractivity contribution in [3.63, 3.8) is 0 Å². The lowest BCUT2D eigenvalue weighted by Crippen LogP contribution is -2.63. The van der Waals surface area contributed by atoms with Gasteiger partial charge in [0.25, 0.3) is 5.91 Å². The van der Waals surface area contributed by atoms with E-state index < -0.39 is 54.6 Å². The number of rotatable bonds is 3. The van der Waals surface area contributed by atoms with Gasteiger partial charge in [0.2, 0.25) is 0 Å². The smallest absolute Gasteiger partial charge is 0.251 e. The zero-order valence-electron chi connectivity index (χ0n) is 12.7. The fraction of sp³-hybridized carbons (Fsp3) is 0.533. The van der Waals surface area contributed by atoms with Gasteiger partial charge in [-0.25, -0.2) is 8.78 Å². The molecule has 0 radical (unpaired) electrons. The Morgan fingerprint density at radius 1 is 1.26 bits per heavy atom. The van der Waals surface area contributed by atoms with Crippen molar-refractivity contribution in [2.45, 2.75) is 44.3 Å². The normalized spacial score (nSPS) is 31.0. The Morgan fingerprint density at radius 2 is 1.83 bits per heavy atom. The summed E-state index contributed by atoms with van der Waals surface area (Å²) in [5.74, 6) is -2.52. The van der Waals surface area contributed by atoms with E-state index in [2.05, 4.69) is 5.32 Å². The Balaban J connectivity index is 2.16. The summed E-state index contributed by atoms with van der Waals surface area (Å²) in [5, 5.41) is 31.3. The average Bonchev–Trinajstić information content (AvgIpc) is 2.51. The van der Waals surface area contributed by atoms with Crippen molar-refractivity contribution in [2.24, 2.45) is 0 Å². The Morgan fingerprint density at radius 3 is 2.35 bits per heavy atom. The first-order valence-corrected chi connectivity index (χ1v) is 7.15. The van der Waals surface area contributed by atoms with E-state index in [-0.39, 0.29) is 11.1 Å². The molecule has 1 heterocycles. The van der Waals surface area contributed by atoms with Gasteiger partial charge in [-0.05, 0) is 26.0 Å². The number of halogens is 2. The number of aliphatic hydroxyl groups excluding tert-OH is 3. The van der Waals surface area contributed by atoms with E-state index in [0.29, 0.717) is 0 Å². The summed E-state index contributed by atoms with van der Waals surface area (Å²) in [6, 6.07) is 0.788. The minimum Gasteiger partial charge on any atom is -0.394 e. The fourth-order valence-electron chi connectivity index (χ4n) is 2.52. The first kappa shape index (κ1) is 17.7. The lowest BCUT2D eigenvalue weighted by atomic mass is 9.93. The third kappa shape index (κ3) is 3.50. The number of nitrogens with one attached hydrogen (secondary N) is 1. The molecule has 1 saturated heterocycles. The highest BCUT2D eigenvalue weighted by Gasteiger charge is 2.43. The van der Waals surface area contributed by atoms with Crippen LogP contribution in [0.5, 0.6) is 0 Å². The van der Waals surface area contributed by atoms with Gasteiger partial charge in [-0.3, -0.25) is 4.79 Å². The molecule has 0 aliphatic carbocycles. The molecule has 0 aromatic heterocycles. The summed E-state index contributed by atoms with van der Waals surface area (Å²) in [7, 11) is 0. The topological polar surface area (TPSA) is 99.0 Å². The van der Waals surface area contributed by atoms with Gasteiger partial charge in [0.15, 0.2) is 0 Å². The molecule has 1 aliphatic heterocycles. The van der Waals surface area contributed by atoms with Crippen LogP contribution < -0.4 is 5.32 Å². The number of ether oxygens (including phenoxy) is 1. The molecule has 1 aromatic carbocycles. The summed E-state index contributed by atoms with van der Waals surface area (Å²) >= 11 is 0. The Hall–Kier alpha value is -1.61. The second kappa shape index (κ2) is 6.88. The number of hydrogen-bond donors (Lipinski definition) is 4. The van der Waals surface area contributed by atoms with Crippen LogP contribution in [0.2, 0.25) is 0 Å². The number of carbonyl (C=O) groups excluding carboxylic acids is 1. The van der Waals surface area contributed by atoms with Gasteiger partial charge in [-0.2, -0.15) is 0 Å². The monoisotopic (exact) mass is 331 g/mol. The second-order valence-corrected chi connectivity index (χ2v) is 5.61. The van der Waals surface area contributed by atoms with E-state index in [4.69, 9.17) is 9.84 Å². The molecule has 8 heteroatoms. The van der Waals surface area contributed by atoms with Gasteiger partial charge >= 0.3 is 0 Å². The van der Waals surface area contributed by atoms with Crippen LogP contribution in [0.15, 0.2) is 12.1 Å². The van der Waals surface area contributed by atoms with Crippen molar-refractivity contribution in [3.8, 4) is 0 Å². The van der Waals surface area contributed by atoms with Crippen molar-refractivity contribution in [1.82, 2.24) is 5.32 Å². The van der Waals surface area contributed by atoms with E-state index in [1.165, 1.54) is 6.92 Å². The zero-order valence-corrected chi connectivity index (χ0v) is 12.7. The van der Waals surface area contributed by atoms with Gasteiger partial charge in [0, 0.05) is 11.1 Å². The highest BCUT2D eigenvalue weighted by atomic mass is 19.1. The first-order chi connectivity index (χ1) is 10.8. The van der Waals surface area contributed by atoms with Crippen molar-refractivity contribution in [2.75, 3.05) is 6.61 Å². The molecule has 23 heavy (non-hydrogen) atoms. The van der Waals surface area contributed by atoms with Gasteiger partial charge in [-0.1, -0.05) is 0 Å². The summed E-state index contributed by atoms with van der Waals surface area (Å²) < 4.78 is 32.4. The minimum atomic E-state index is -1.40. The molecule has 1 aromatic rings. The molecule has 1 fully saturated rings. The Kier molecular flexibility index (Phi) is 5.30. The number of carbonyl (C=O) groups is 1. The molecule has 4 N–H and O–H groups in total. The Bertz CT molecular complexity index is 574. The lowest BCUT2D eigenvalue weighted by Gasteiger charge is -2.41. The van der Waals surface area contributed by atoms with Crippen molar-refractivity contribution >= 4 is 5.91 Å². The van der Waals surface area contributed by atoms with Crippen LogP contribution in [-0.4, -0.2) is 58.3 Å². The Labute approximate surface area is 131 Å². The molecule has 1 aliphatic rings. The predicted octanol–water partition coefficient (Wildman–Crippen LogP) is -0.127. The standard InChI is InChI=1S/C15H19F2NO5/c1-6-9(16)3-8(4-10(6)17)15(22)18-12-7(2)23-11(5-19)13(20)14(12)21/h3-4,7,11-14,19-21H,5H2,1-2H3,(H,18,22)/t7-,11?,12?,13+,14-/m1/s1. The van der Waals surface area contributed by atoms with Crippen LogP contribution in [0.4, 0.5) is 8.78 Å². The van der Waals surface area contributed by atoms with Crippen LogP contribution in [0.3, 0.4) is 0 Å². The second-order valence-electron chi connectivity index (χ2n) is 5.61. The predicted molar refractivity (Wildman–Crippen MR) is 75.8 cm³/mol. The molecule has 0 bridgehead atoms. The molecule has 2 unspecified atom stereocenters. The van der Waals surface area contributed by atoms with Gasteiger partial charge in [0.05, 0.1) is 18.8 Å². The molecule has 0 spiro atoms. The summed E-state index contributed by atoms with van der Waals surface area (Å²) in [6.07, 6.45) is -4.47. The lowest BCUT2D eigenvalue weighted by molar-refractivity contribution is -0.187. The van der Waals surface area contributed by atoms with Crippen LogP contribution in [0.25, 0.3) is 0 Å². The average molecular weight is 331 g/mol. The molecular weight excluding hydrogens is 312 g/mol. The molecule has 5 atom stereocenters. The first-order valence-electron chi connectivity index (χ1n) is 7.15. The van der Waals surface area contributed by atoms with Gasteiger partial charge in [0.1, 0.15) is 29.9 Å². The third-order valence-corrected chi connectivity index (χ3v) is 4.01. The fourth-order valence-corrected chi connectivity index (χ4v) is 2.52. The van der Waals surface area contributed by atoms with Crippen LogP contribution in [0, 0.1) is 18.6 Å². The summed E-state index contributed by atoms with van der Waals surface area (Å²) in [6.45, 7) is 2.30. The van der Waals surface area contributed by atoms with Crippen molar-refractivity contribution in [3.05, 3.63) is 34.9 Å². The molecule has 1 amide bonds. The van der Waals surface area contributed by atoms with Crippen LogP contribution in [-0.2, 0) is 4.74 Å². The van der Waals surface area contributed by atoms with Crippen molar-refractivity contribution in [1.29, 1.82) is 0 Å². The SMILES string of the molecule is Cc1c(F)cc(C(=O)NC2[C@@H](O)[C@@H](O)C(CO)O[C@@H]2C)cc1F. The largest absolute Gasteiger partial charge is 0.394 e. The maximum Gasteiger partial charge on any atom is 0.251 e. The van der Waals surface area contributed by atoms with E-state index in [1.54, 1.807) is 6.92 Å². The maximum absolute atomic E-state index is 13.5. The molecular formula is C15H19F2NO5. The quantitative estimate of drug-likeness (QED) is 0.619. The van der Waals surface area contributed by atoms with E-state index in [0.717, 1.165) is 12.1 Å². The molecule has 0 saturated carbocycles.